The van der Waals surface area contributed by atoms with E-state index in [0.717, 1.165) is 25.1 Å². The van der Waals surface area contributed by atoms with Crippen molar-refractivity contribution in [3.8, 4) is 5.75 Å². The van der Waals surface area contributed by atoms with E-state index < -0.39 is 7.12 Å². The number of likely N-dealkylation sites (tertiary alicyclic amines) is 1. The van der Waals surface area contributed by atoms with Crippen LogP contribution in [-0.2, 0) is 9.31 Å². The number of hydrogen-bond donors (Lipinski definition) is 0. The van der Waals surface area contributed by atoms with Gasteiger partial charge in [-0.1, -0.05) is 11.6 Å². The Labute approximate surface area is 149 Å². The Kier molecular flexibility index (Phi) is 5.12. The van der Waals surface area contributed by atoms with E-state index >= 15 is 0 Å². The van der Waals surface area contributed by atoms with Gasteiger partial charge in [-0.05, 0) is 59.7 Å². The lowest BCUT2D eigenvalue weighted by molar-refractivity contribution is 0.00578. The van der Waals surface area contributed by atoms with Crippen LogP contribution in [0.15, 0.2) is 12.3 Å². The van der Waals surface area contributed by atoms with Gasteiger partial charge in [0.2, 0.25) is 0 Å². The Morgan fingerprint density at radius 2 is 1.83 bits per heavy atom. The summed E-state index contributed by atoms with van der Waals surface area (Å²) in [5.74, 6) is 0.586. The number of aromatic nitrogens is 1. The maximum Gasteiger partial charge on any atom is 0.496 e. The SMILES string of the molecule is CC1(C)OB(c2cnc(Cl)c(OCCN3CCCC3)c2)OC1(C)C. The second-order valence-electron chi connectivity index (χ2n) is 7.54. The molecule has 0 atom stereocenters. The molecule has 0 radical (unpaired) electrons. The van der Waals surface area contributed by atoms with Gasteiger partial charge in [0.15, 0.2) is 10.9 Å². The lowest BCUT2D eigenvalue weighted by atomic mass is 9.80. The van der Waals surface area contributed by atoms with Gasteiger partial charge in [-0.15, -0.1) is 0 Å². The third-order valence-corrected chi connectivity index (χ3v) is 5.50. The zero-order chi connectivity index (χ0) is 17.4. The molecule has 3 rings (SSSR count). The van der Waals surface area contributed by atoms with Crippen LogP contribution in [0, 0.1) is 0 Å². The summed E-state index contributed by atoms with van der Waals surface area (Å²) >= 11 is 6.18. The average Bonchev–Trinajstić information content (AvgIpc) is 3.07. The summed E-state index contributed by atoms with van der Waals surface area (Å²) in [5, 5.41) is 0.372. The molecule has 0 amide bonds. The van der Waals surface area contributed by atoms with Gasteiger partial charge in [0.25, 0.3) is 0 Å². The highest BCUT2D eigenvalue weighted by molar-refractivity contribution is 6.62. The molecule has 24 heavy (non-hydrogen) atoms. The van der Waals surface area contributed by atoms with Crippen LogP contribution in [0.2, 0.25) is 5.15 Å². The number of ether oxygens (including phenoxy) is 1. The number of halogens is 1. The van der Waals surface area contributed by atoms with E-state index in [1.807, 2.05) is 33.8 Å². The van der Waals surface area contributed by atoms with E-state index in [9.17, 15) is 0 Å². The lowest BCUT2D eigenvalue weighted by Crippen LogP contribution is -2.41. The zero-order valence-electron chi connectivity index (χ0n) is 15.0. The lowest BCUT2D eigenvalue weighted by Gasteiger charge is -2.32. The van der Waals surface area contributed by atoms with Crippen molar-refractivity contribution in [2.75, 3.05) is 26.2 Å². The molecule has 0 unspecified atom stereocenters. The number of pyridine rings is 1. The van der Waals surface area contributed by atoms with E-state index in [2.05, 4.69) is 9.88 Å². The minimum Gasteiger partial charge on any atom is -0.489 e. The molecule has 7 heteroatoms. The molecule has 5 nitrogen and oxygen atoms in total. The maximum atomic E-state index is 6.18. The Bertz CT molecular complexity index is 575. The molecule has 1 aromatic rings. The Balaban J connectivity index is 1.65. The summed E-state index contributed by atoms with van der Waals surface area (Å²) in [6, 6.07) is 1.88. The van der Waals surface area contributed by atoms with Gasteiger partial charge in [-0.3, -0.25) is 4.90 Å². The normalized spacial score (nSPS) is 23.0. The highest BCUT2D eigenvalue weighted by atomic mass is 35.5. The molecule has 0 bridgehead atoms. The first-order chi connectivity index (χ1) is 11.3. The smallest absolute Gasteiger partial charge is 0.489 e. The quantitative estimate of drug-likeness (QED) is 0.602. The van der Waals surface area contributed by atoms with Gasteiger partial charge in [-0.25, -0.2) is 4.98 Å². The summed E-state index contributed by atoms with van der Waals surface area (Å²) < 4.78 is 18.0. The van der Waals surface area contributed by atoms with Crippen LogP contribution in [-0.4, -0.2) is 54.4 Å². The molecule has 0 spiro atoms. The zero-order valence-corrected chi connectivity index (χ0v) is 15.7. The molecule has 132 valence electrons. The van der Waals surface area contributed by atoms with E-state index in [0.29, 0.717) is 17.5 Å². The molecule has 3 heterocycles. The van der Waals surface area contributed by atoms with E-state index in [1.54, 1.807) is 6.20 Å². The fourth-order valence-electron chi connectivity index (χ4n) is 2.94. The van der Waals surface area contributed by atoms with Crippen LogP contribution in [0.25, 0.3) is 0 Å². The minimum atomic E-state index is -0.458. The Morgan fingerprint density at radius 1 is 1.21 bits per heavy atom. The van der Waals surface area contributed by atoms with Crippen molar-refractivity contribution >= 4 is 24.2 Å². The first kappa shape index (κ1) is 18.0. The number of hydrogen-bond acceptors (Lipinski definition) is 5. The van der Waals surface area contributed by atoms with Crippen molar-refractivity contribution in [1.82, 2.24) is 9.88 Å². The largest absolute Gasteiger partial charge is 0.496 e. The van der Waals surface area contributed by atoms with Crippen molar-refractivity contribution in [2.45, 2.75) is 51.7 Å². The minimum absolute atomic E-state index is 0.372. The van der Waals surface area contributed by atoms with Gasteiger partial charge in [0, 0.05) is 18.2 Å². The number of rotatable bonds is 5. The fourth-order valence-corrected chi connectivity index (χ4v) is 3.10. The van der Waals surface area contributed by atoms with Gasteiger partial charge >= 0.3 is 7.12 Å². The van der Waals surface area contributed by atoms with Crippen LogP contribution in [0.4, 0.5) is 0 Å². The molecule has 0 aliphatic carbocycles. The molecule has 2 aliphatic heterocycles. The highest BCUT2D eigenvalue weighted by Gasteiger charge is 2.51. The van der Waals surface area contributed by atoms with Crippen LogP contribution in [0.1, 0.15) is 40.5 Å². The first-order valence-corrected chi connectivity index (χ1v) is 9.02. The maximum absolute atomic E-state index is 6.18. The van der Waals surface area contributed by atoms with E-state index in [4.69, 9.17) is 25.6 Å². The van der Waals surface area contributed by atoms with E-state index in [-0.39, 0.29) is 11.2 Å². The second-order valence-corrected chi connectivity index (χ2v) is 7.90. The standard InChI is InChI=1S/C17H26BClN2O3/c1-16(2)17(3,4)24-18(23-16)13-11-14(15(19)20-12-13)22-10-9-21-7-5-6-8-21/h11-12H,5-10H2,1-4H3. The third kappa shape index (κ3) is 3.72. The fraction of sp³-hybridized carbons (Fsp3) is 0.706. The van der Waals surface area contributed by atoms with Gasteiger partial charge in [0.1, 0.15) is 6.61 Å². The third-order valence-electron chi connectivity index (χ3n) is 5.22. The summed E-state index contributed by atoms with van der Waals surface area (Å²) in [5.41, 5.74) is 0.0662. The van der Waals surface area contributed by atoms with Crippen LogP contribution >= 0.6 is 11.6 Å². The molecule has 2 saturated heterocycles. The Morgan fingerprint density at radius 3 is 2.46 bits per heavy atom. The topological polar surface area (TPSA) is 43.8 Å². The van der Waals surface area contributed by atoms with E-state index in [1.165, 1.54) is 12.8 Å². The molecule has 0 aromatic carbocycles. The molecule has 1 aromatic heterocycles. The highest BCUT2D eigenvalue weighted by Crippen LogP contribution is 2.36. The predicted octanol–water partition coefficient (Wildman–Crippen LogP) is 2.51. The monoisotopic (exact) mass is 352 g/mol. The van der Waals surface area contributed by atoms with Crippen molar-refractivity contribution in [3.05, 3.63) is 17.4 Å². The second kappa shape index (κ2) is 6.83. The molecule has 2 aliphatic rings. The molecule has 2 fully saturated rings. The summed E-state index contributed by atoms with van der Waals surface area (Å²) in [6.45, 7) is 12.0. The van der Waals surface area contributed by atoms with Crippen LogP contribution < -0.4 is 10.2 Å². The van der Waals surface area contributed by atoms with Crippen LogP contribution in [0.5, 0.6) is 5.75 Å². The molecule has 0 N–H and O–H groups in total. The predicted molar refractivity (Wildman–Crippen MR) is 96.1 cm³/mol. The van der Waals surface area contributed by atoms with Gasteiger partial charge < -0.3 is 14.0 Å². The van der Waals surface area contributed by atoms with Crippen molar-refractivity contribution < 1.29 is 14.0 Å². The van der Waals surface area contributed by atoms with Crippen molar-refractivity contribution in [2.24, 2.45) is 0 Å². The number of nitrogens with zero attached hydrogens (tertiary/aromatic N) is 2. The first-order valence-electron chi connectivity index (χ1n) is 8.65. The van der Waals surface area contributed by atoms with Gasteiger partial charge in [-0.2, -0.15) is 0 Å². The average molecular weight is 353 g/mol. The molecular formula is C17H26BClN2O3. The van der Waals surface area contributed by atoms with Gasteiger partial charge in [0.05, 0.1) is 11.2 Å². The molecule has 0 saturated carbocycles. The van der Waals surface area contributed by atoms with Crippen molar-refractivity contribution in [1.29, 1.82) is 0 Å². The Hall–Kier alpha value is -0.815. The summed E-state index contributed by atoms with van der Waals surface area (Å²) in [4.78, 5) is 6.64. The van der Waals surface area contributed by atoms with Crippen LogP contribution in [0.3, 0.4) is 0 Å². The molecular weight excluding hydrogens is 326 g/mol. The summed E-state index contributed by atoms with van der Waals surface area (Å²) in [7, 11) is -0.458. The van der Waals surface area contributed by atoms with Crippen molar-refractivity contribution in [3.63, 3.8) is 0 Å². The summed E-state index contributed by atoms with van der Waals surface area (Å²) in [6.07, 6.45) is 4.25.